The van der Waals surface area contributed by atoms with E-state index in [9.17, 15) is 8.78 Å². The lowest BCUT2D eigenvalue weighted by molar-refractivity contribution is 0.615. The Morgan fingerprint density at radius 2 is 1.35 bits per heavy atom. The first-order valence-corrected chi connectivity index (χ1v) is 11.7. The normalized spacial score (nSPS) is 12.9. The van der Waals surface area contributed by atoms with Gasteiger partial charge in [-0.1, -0.05) is 42.5 Å². The van der Waals surface area contributed by atoms with Crippen LogP contribution in [0.3, 0.4) is 0 Å². The molecule has 0 atom stereocenters. The Balaban J connectivity index is 1.30. The highest BCUT2D eigenvalue weighted by atomic mass is 19.1. The van der Waals surface area contributed by atoms with Gasteiger partial charge in [-0.2, -0.15) is 0 Å². The number of halogens is 2. The Hall–Kier alpha value is -3.73. The van der Waals surface area contributed by atoms with Gasteiger partial charge in [0.2, 0.25) is 0 Å². The van der Waals surface area contributed by atoms with Crippen molar-refractivity contribution in [2.45, 2.75) is 25.3 Å². The molecule has 1 aliphatic rings. The molecule has 0 fully saturated rings. The second-order valence-electron chi connectivity index (χ2n) is 8.75. The molecule has 0 amide bonds. The Morgan fingerprint density at radius 1 is 0.735 bits per heavy atom. The fraction of sp³-hybridized carbons (Fsp3) is 0.207. The minimum atomic E-state index is -0.246. The molecule has 0 bridgehead atoms. The molecular weight excluding hydrogens is 428 g/mol. The zero-order valence-electron chi connectivity index (χ0n) is 18.9. The molecule has 0 radical (unpaired) electrons. The van der Waals surface area contributed by atoms with Crippen molar-refractivity contribution in [3.8, 4) is 0 Å². The molecule has 3 nitrogen and oxygen atoms in total. The van der Waals surface area contributed by atoms with E-state index in [-0.39, 0.29) is 17.6 Å². The fourth-order valence-corrected chi connectivity index (χ4v) is 4.80. The Kier molecular flexibility index (Phi) is 6.52. The molecule has 1 aromatic heterocycles. The van der Waals surface area contributed by atoms with Crippen molar-refractivity contribution < 1.29 is 8.78 Å². The Bertz CT molecular complexity index is 1160. The third-order valence-corrected chi connectivity index (χ3v) is 6.47. The molecule has 34 heavy (non-hydrogen) atoms. The zero-order chi connectivity index (χ0) is 23.3. The number of aromatic nitrogens is 1. The summed E-state index contributed by atoms with van der Waals surface area (Å²) < 4.78 is 27.1. The minimum Gasteiger partial charge on any atom is -0.352 e. The van der Waals surface area contributed by atoms with E-state index in [0.29, 0.717) is 0 Å². The summed E-state index contributed by atoms with van der Waals surface area (Å²) in [7, 11) is 0. The van der Waals surface area contributed by atoms with E-state index in [1.807, 2.05) is 36.5 Å². The van der Waals surface area contributed by atoms with E-state index in [1.54, 1.807) is 6.20 Å². The molecule has 0 saturated carbocycles. The quantitative estimate of drug-likeness (QED) is 0.293. The van der Waals surface area contributed by atoms with Gasteiger partial charge in [0.1, 0.15) is 11.6 Å². The van der Waals surface area contributed by atoms with Gasteiger partial charge in [0.15, 0.2) is 0 Å². The van der Waals surface area contributed by atoms with E-state index in [2.05, 4.69) is 45.1 Å². The predicted molar refractivity (Wildman–Crippen MR) is 133 cm³/mol. The van der Waals surface area contributed by atoms with Gasteiger partial charge in [-0.3, -0.25) is 4.98 Å². The molecule has 0 unspecified atom stereocenters. The summed E-state index contributed by atoms with van der Waals surface area (Å²) in [4.78, 5) is 9.05. The SMILES string of the molecule is Fc1ccc(C(CCCN2CN(Cc3cccnc3)c3ccccc32)c2ccc(F)cc2)cc1. The third kappa shape index (κ3) is 4.93. The van der Waals surface area contributed by atoms with Crippen LogP contribution in [0.1, 0.15) is 35.4 Å². The van der Waals surface area contributed by atoms with Gasteiger partial charge in [-0.25, -0.2) is 8.78 Å². The highest BCUT2D eigenvalue weighted by molar-refractivity contribution is 5.76. The van der Waals surface area contributed by atoms with Crippen molar-refractivity contribution >= 4 is 11.4 Å². The minimum absolute atomic E-state index is 0.0885. The maximum absolute atomic E-state index is 13.5. The molecule has 172 valence electrons. The van der Waals surface area contributed by atoms with E-state index >= 15 is 0 Å². The highest BCUT2D eigenvalue weighted by Gasteiger charge is 2.25. The number of hydrogen-bond acceptors (Lipinski definition) is 3. The van der Waals surface area contributed by atoms with Crippen LogP contribution in [0.15, 0.2) is 97.3 Å². The molecule has 2 heterocycles. The molecule has 1 aliphatic heterocycles. The predicted octanol–water partition coefficient (Wildman–Crippen LogP) is 6.76. The molecule has 0 spiro atoms. The standard InChI is InChI=1S/C29H27F2N3/c30-25-13-9-23(10-14-25)27(24-11-15-26(31)16-12-24)6-4-18-33-21-34(20-22-5-3-17-32-19-22)29-8-2-1-7-28(29)33/h1-3,5,7-17,19,27H,4,6,18,20-21H2. The van der Waals surface area contributed by atoms with E-state index < -0.39 is 0 Å². The first-order valence-electron chi connectivity index (χ1n) is 11.7. The lowest BCUT2D eigenvalue weighted by Crippen LogP contribution is -2.31. The number of fused-ring (bicyclic) bond motifs is 1. The molecule has 4 aromatic rings. The van der Waals surface area contributed by atoms with Crippen molar-refractivity contribution in [1.29, 1.82) is 0 Å². The summed E-state index contributed by atoms with van der Waals surface area (Å²) in [6.45, 7) is 2.54. The lowest BCUT2D eigenvalue weighted by Gasteiger charge is -2.23. The summed E-state index contributed by atoms with van der Waals surface area (Å²) >= 11 is 0. The van der Waals surface area contributed by atoms with Gasteiger partial charge in [-0.15, -0.1) is 0 Å². The average Bonchev–Trinajstić information content (AvgIpc) is 3.21. The van der Waals surface area contributed by atoms with Crippen LogP contribution in [0.25, 0.3) is 0 Å². The summed E-state index contributed by atoms with van der Waals surface area (Å²) in [5.74, 6) is -0.404. The summed E-state index contributed by atoms with van der Waals surface area (Å²) in [5, 5.41) is 0. The highest BCUT2D eigenvalue weighted by Crippen LogP contribution is 2.37. The number of rotatable bonds is 8. The number of para-hydroxylation sites is 2. The topological polar surface area (TPSA) is 19.4 Å². The number of benzene rings is 3. The van der Waals surface area contributed by atoms with Gasteiger partial charge in [0.25, 0.3) is 0 Å². The zero-order valence-corrected chi connectivity index (χ0v) is 18.9. The van der Waals surface area contributed by atoms with Crippen LogP contribution in [-0.4, -0.2) is 18.2 Å². The molecule has 3 aromatic carbocycles. The van der Waals surface area contributed by atoms with Crippen LogP contribution >= 0.6 is 0 Å². The number of hydrogen-bond donors (Lipinski definition) is 0. The van der Waals surface area contributed by atoms with E-state index in [0.717, 1.165) is 43.7 Å². The van der Waals surface area contributed by atoms with Crippen LogP contribution in [0.4, 0.5) is 20.2 Å². The molecule has 5 rings (SSSR count). The molecular formula is C29H27F2N3. The van der Waals surface area contributed by atoms with Crippen LogP contribution < -0.4 is 9.80 Å². The first-order chi connectivity index (χ1) is 16.7. The van der Waals surface area contributed by atoms with E-state index in [4.69, 9.17) is 0 Å². The first kappa shape index (κ1) is 22.1. The Morgan fingerprint density at radius 3 is 1.94 bits per heavy atom. The van der Waals surface area contributed by atoms with Crippen LogP contribution in [0, 0.1) is 11.6 Å². The number of anilines is 2. The smallest absolute Gasteiger partial charge is 0.123 e. The van der Waals surface area contributed by atoms with Gasteiger partial charge < -0.3 is 9.80 Å². The largest absolute Gasteiger partial charge is 0.352 e. The summed E-state index contributed by atoms with van der Waals surface area (Å²) in [6, 6.07) is 25.9. The fourth-order valence-electron chi connectivity index (χ4n) is 4.80. The van der Waals surface area contributed by atoms with Gasteiger partial charge >= 0.3 is 0 Å². The van der Waals surface area contributed by atoms with Gasteiger partial charge in [0.05, 0.1) is 18.0 Å². The Labute approximate surface area is 199 Å². The molecule has 5 heteroatoms. The average molecular weight is 456 g/mol. The second kappa shape index (κ2) is 10.0. The van der Waals surface area contributed by atoms with Crippen molar-refractivity contribution in [2.24, 2.45) is 0 Å². The van der Waals surface area contributed by atoms with Crippen molar-refractivity contribution in [2.75, 3.05) is 23.0 Å². The lowest BCUT2D eigenvalue weighted by atomic mass is 9.87. The van der Waals surface area contributed by atoms with Gasteiger partial charge in [0, 0.05) is 31.4 Å². The second-order valence-corrected chi connectivity index (χ2v) is 8.75. The van der Waals surface area contributed by atoms with E-state index in [1.165, 1.54) is 41.2 Å². The third-order valence-electron chi connectivity index (χ3n) is 6.47. The van der Waals surface area contributed by atoms with Crippen LogP contribution in [-0.2, 0) is 6.54 Å². The van der Waals surface area contributed by atoms with Crippen molar-refractivity contribution in [3.63, 3.8) is 0 Å². The summed E-state index contributed by atoms with van der Waals surface area (Å²) in [6.07, 6.45) is 5.56. The maximum Gasteiger partial charge on any atom is 0.123 e. The molecule has 0 N–H and O–H groups in total. The molecule has 0 saturated heterocycles. The maximum atomic E-state index is 13.5. The molecule has 0 aliphatic carbocycles. The summed E-state index contributed by atoms with van der Waals surface area (Å²) in [5.41, 5.74) is 5.76. The van der Waals surface area contributed by atoms with Crippen LogP contribution in [0.2, 0.25) is 0 Å². The number of nitrogens with zero attached hydrogens (tertiary/aromatic N) is 3. The number of pyridine rings is 1. The van der Waals surface area contributed by atoms with Crippen molar-refractivity contribution in [1.82, 2.24) is 4.98 Å². The van der Waals surface area contributed by atoms with Crippen molar-refractivity contribution in [3.05, 3.63) is 126 Å². The monoisotopic (exact) mass is 455 g/mol. The van der Waals surface area contributed by atoms with Gasteiger partial charge in [-0.05, 0) is 72.0 Å². The van der Waals surface area contributed by atoms with Crippen LogP contribution in [0.5, 0.6) is 0 Å².